The first-order valence-corrected chi connectivity index (χ1v) is 9.04. The topological polar surface area (TPSA) is 71.1 Å². The van der Waals surface area contributed by atoms with E-state index in [4.69, 9.17) is 16.3 Å². The van der Waals surface area contributed by atoms with Crippen molar-refractivity contribution in [3.8, 4) is 0 Å². The minimum Gasteiger partial charge on any atom is -0.445 e. The predicted octanol–water partition coefficient (Wildman–Crippen LogP) is 4.13. The number of nitrogens with one attached hydrogen (secondary N) is 1. The van der Waals surface area contributed by atoms with Gasteiger partial charge in [0.2, 0.25) is 0 Å². The van der Waals surface area contributed by atoms with Crippen LogP contribution in [0.3, 0.4) is 0 Å². The third-order valence-corrected chi connectivity index (χ3v) is 5.03. The summed E-state index contributed by atoms with van der Waals surface area (Å²) in [6.07, 6.45) is 3.31. The molecule has 0 aliphatic carbocycles. The molecule has 1 aliphatic rings. The second kappa shape index (κ2) is 7.33. The molecule has 0 spiro atoms. The molecule has 0 radical (unpaired) electrons. The minimum absolute atomic E-state index is 0.177. The van der Waals surface area contributed by atoms with Gasteiger partial charge in [0.1, 0.15) is 12.1 Å². The van der Waals surface area contributed by atoms with Crippen molar-refractivity contribution in [2.75, 3.05) is 13.1 Å². The number of carbonyl (C=O) groups is 1. The summed E-state index contributed by atoms with van der Waals surface area (Å²) in [4.78, 5) is 18.3. The molecule has 1 amide bonds. The maximum atomic E-state index is 12.5. The molecule has 1 atom stereocenters. The molecule has 1 fully saturated rings. The average molecular weight is 371 g/mol. The molecule has 0 unspecified atom stereocenters. The van der Waals surface area contributed by atoms with Crippen LogP contribution in [0.1, 0.15) is 30.0 Å². The Morgan fingerprint density at radius 2 is 2.15 bits per heavy atom. The fourth-order valence-corrected chi connectivity index (χ4v) is 3.63. The monoisotopic (exact) mass is 370 g/mol. The Labute approximate surface area is 156 Å². The van der Waals surface area contributed by atoms with E-state index in [2.05, 4.69) is 15.2 Å². The number of hydrogen-bond donors (Lipinski definition) is 1. The first-order valence-electron chi connectivity index (χ1n) is 8.66. The molecule has 7 heteroatoms. The largest absolute Gasteiger partial charge is 0.445 e. The molecule has 3 aromatic rings. The number of hydrogen-bond acceptors (Lipinski definition) is 4. The number of piperidine rings is 1. The average Bonchev–Trinajstić information content (AvgIpc) is 3.12. The van der Waals surface area contributed by atoms with Crippen molar-refractivity contribution in [1.82, 2.24) is 20.1 Å². The molecule has 134 valence electrons. The third-order valence-electron chi connectivity index (χ3n) is 4.75. The Morgan fingerprint density at radius 1 is 1.31 bits per heavy atom. The molecule has 0 saturated carbocycles. The fourth-order valence-electron chi connectivity index (χ4n) is 3.43. The highest BCUT2D eigenvalue weighted by molar-refractivity contribution is 6.33. The van der Waals surface area contributed by atoms with Crippen molar-refractivity contribution in [2.24, 2.45) is 0 Å². The highest BCUT2D eigenvalue weighted by Crippen LogP contribution is 2.32. The number of benzene rings is 1. The van der Waals surface area contributed by atoms with Crippen LogP contribution in [0.5, 0.6) is 0 Å². The number of likely N-dealkylation sites (tertiary alicyclic amines) is 1. The van der Waals surface area contributed by atoms with Gasteiger partial charge < -0.3 is 9.64 Å². The number of ether oxygens (including phenoxy) is 1. The smallest absolute Gasteiger partial charge is 0.410 e. The van der Waals surface area contributed by atoms with Gasteiger partial charge in [0.05, 0.1) is 0 Å². The molecule has 1 aliphatic heterocycles. The van der Waals surface area contributed by atoms with E-state index in [0.29, 0.717) is 23.8 Å². The molecule has 6 nitrogen and oxygen atoms in total. The molecule has 1 saturated heterocycles. The lowest BCUT2D eigenvalue weighted by molar-refractivity contribution is 0.0857. The van der Waals surface area contributed by atoms with E-state index in [-0.39, 0.29) is 18.6 Å². The SMILES string of the molecule is O=C(OCc1ccccc1)N1CCC[C@@H](c2[nH]nc3c(Cl)nccc23)C1. The summed E-state index contributed by atoms with van der Waals surface area (Å²) in [5.74, 6) is 0.177. The van der Waals surface area contributed by atoms with Crippen LogP contribution in [0.4, 0.5) is 4.79 Å². The number of fused-ring (bicyclic) bond motifs is 1. The number of aromatic nitrogens is 3. The molecule has 2 aromatic heterocycles. The summed E-state index contributed by atoms with van der Waals surface area (Å²) in [5.41, 5.74) is 2.66. The van der Waals surface area contributed by atoms with Crippen LogP contribution < -0.4 is 0 Å². The van der Waals surface area contributed by atoms with Crippen LogP contribution in [0.15, 0.2) is 42.6 Å². The molecule has 3 heterocycles. The summed E-state index contributed by atoms with van der Waals surface area (Å²) in [6, 6.07) is 11.6. The van der Waals surface area contributed by atoms with Gasteiger partial charge in [-0.05, 0) is 24.5 Å². The van der Waals surface area contributed by atoms with Gasteiger partial charge in [0, 0.05) is 36.3 Å². The fraction of sp³-hybridized carbons (Fsp3) is 0.316. The zero-order valence-electron chi connectivity index (χ0n) is 14.2. The summed E-state index contributed by atoms with van der Waals surface area (Å²) in [6.45, 7) is 1.60. The number of halogens is 1. The first kappa shape index (κ1) is 16.8. The molecule has 1 aromatic carbocycles. The van der Waals surface area contributed by atoms with E-state index in [9.17, 15) is 4.79 Å². The Hall–Kier alpha value is -2.60. The van der Waals surface area contributed by atoms with E-state index < -0.39 is 0 Å². The van der Waals surface area contributed by atoms with Gasteiger partial charge in [-0.2, -0.15) is 5.10 Å². The summed E-state index contributed by atoms with van der Waals surface area (Å²) in [7, 11) is 0. The Morgan fingerprint density at radius 3 is 3.00 bits per heavy atom. The first-order chi connectivity index (χ1) is 12.7. The van der Waals surface area contributed by atoms with Crippen molar-refractivity contribution >= 4 is 28.6 Å². The van der Waals surface area contributed by atoms with Gasteiger partial charge in [-0.3, -0.25) is 5.10 Å². The van der Waals surface area contributed by atoms with Crippen molar-refractivity contribution in [1.29, 1.82) is 0 Å². The van der Waals surface area contributed by atoms with Crippen LogP contribution in [0.25, 0.3) is 10.9 Å². The number of pyridine rings is 1. The van der Waals surface area contributed by atoms with Gasteiger partial charge in [-0.1, -0.05) is 41.9 Å². The van der Waals surface area contributed by atoms with Gasteiger partial charge >= 0.3 is 6.09 Å². The quantitative estimate of drug-likeness (QED) is 0.704. The second-order valence-corrected chi connectivity index (χ2v) is 6.82. The molecule has 26 heavy (non-hydrogen) atoms. The maximum absolute atomic E-state index is 12.5. The molecule has 1 N–H and O–H groups in total. The number of carbonyl (C=O) groups excluding carboxylic acids is 1. The lowest BCUT2D eigenvalue weighted by Crippen LogP contribution is -2.39. The lowest BCUT2D eigenvalue weighted by Gasteiger charge is -2.31. The van der Waals surface area contributed by atoms with E-state index in [1.807, 2.05) is 36.4 Å². The van der Waals surface area contributed by atoms with Crippen molar-refractivity contribution in [3.05, 3.63) is 59.0 Å². The molecule has 0 bridgehead atoms. The Balaban J connectivity index is 1.45. The second-order valence-electron chi connectivity index (χ2n) is 6.46. The Bertz CT molecular complexity index is 912. The molecular weight excluding hydrogens is 352 g/mol. The van der Waals surface area contributed by atoms with E-state index in [1.165, 1.54) is 0 Å². The van der Waals surface area contributed by atoms with Crippen LogP contribution in [0, 0.1) is 0 Å². The van der Waals surface area contributed by atoms with Gasteiger partial charge in [0.15, 0.2) is 5.15 Å². The third kappa shape index (κ3) is 3.37. The van der Waals surface area contributed by atoms with Gasteiger partial charge in [0.25, 0.3) is 0 Å². The number of H-pyrrole nitrogens is 1. The number of aromatic amines is 1. The van der Waals surface area contributed by atoms with E-state index in [0.717, 1.165) is 29.5 Å². The lowest BCUT2D eigenvalue weighted by atomic mass is 9.93. The minimum atomic E-state index is -0.276. The summed E-state index contributed by atoms with van der Waals surface area (Å²) < 4.78 is 5.47. The van der Waals surface area contributed by atoms with Crippen LogP contribution in [0.2, 0.25) is 5.15 Å². The molecular formula is C19H19ClN4O2. The maximum Gasteiger partial charge on any atom is 0.410 e. The van der Waals surface area contributed by atoms with Crippen molar-refractivity contribution in [2.45, 2.75) is 25.4 Å². The highest BCUT2D eigenvalue weighted by Gasteiger charge is 2.28. The Kier molecular flexibility index (Phi) is 4.75. The summed E-state index contributed by atoms with van der Waals surface area (Å²) >= 11 is 6.11. The van der Waals surface area contributed by atoms with Gasteiger partial charge in [-0.15, -0.1) is 0 Å². The number of amides is 1. The van der Waals surface area contributed by atoms with E-state index in [1.54, 1.807) is 11.1 Å². The molecule has 4 rings (SSSR count). The standard InChI is InChI=1S/C19H19ClN4O2/c20-18-17-15(8-9-21-18)16(22-23-17)14-7-4-10-24(11-14)19(25)26-12-13-5-2-1-3-6-13/h1-3,5-6,8-9,14H,4,7,10-12H2,(H,22,23)/t14-/m1/s1. The van der Waals surface area contributed by atoms with Crippen molar-refractivity contribution in [3.63, 3.8) is 0 Å². The normalized spacial score (nSPS) is 17.4. The highest BCUT2D eigenvalue weighted by atomic mass is 35.5. The van der Waals surface area contributed by atoms with Crippen molar-refractivity contribution < 1.29 is 9.53 Å². The van der Waals surface area contributed by atoms with Crippen LogP contribution in [-0.4, -0.2) is 39.3 Å². The number of rotatable bonds is 3. The van der Waals surface area contributed by atoms with E-state index >= 15 is 0 Å². The summed E-state index contributed by atoms with van der Waals surface area (Å²) in [5, 5.41) is 8.73. The van der Waals surface area contributed by atoms with Gasteiger partial charge in [-0.25, -0.2) is 9.78 Å². The zero-order valence-corrected chi connectivity index (χ0v) is 14.9. The number of nitrogens with zero attached hydrogens (tertiary/aromatic N) is 3. The van der Waals surface area contributed by atoms with Crippen LogP contribution in [-0.2, 0) is 11.3 Å². The zero-order chi connectivity index (χ0) is 17.9. The van der Waals surface area contributed by atoms with Crippen LogP contribution >= 0.6 is 11.6 Å². The predicted molar refractivity (Wildman–Crippen MR) is 99.1 cm³/mol.